The zero-order valence-corrected chi connectivity index (χ0v) is 10.3. The Morgan fingerprint density at radius 2 is 2.00 bits per heavy atom. The van der Waals surface area contributed by atoms with Crippen LogP contribution in [0.2, 0.25) is 0 Å². The summed E-state index contributed by atoms with van der Waals surface area (Å²) in [5.41, 5.74) is 1.15. The first-order valence-corrected chi connectivity index (χ1v) is 5.52. The zero-order chi connectivity index (χ0) is 13.0. The number of aromatic hydroxyl groups is 1. The standard InChI is InChI=1S/C13H17NO3/c1-8(2)12(16)7-14-13(17)11-5-4-10(15)6-9(11)3/h4-6,8,15H,7H2,1-3H3,(H,14,17). The summed E-state index contributed by atoms with van der Waals surface area (Å²) in [6, 6.07) is 4.51. The number of amides is 1. The molecule has 2 N–H and O–H groups in total. The van der Waals surface area contributed by atoms with Crippen LogP contribution in [0.15, 0.2) is 18.2 Å². The van der Waals surface area contributed by atoms with Gasteiger partial charge in [0.1, 0.15) is 5.75 Å². The Balaban J connectivity index is 2.68. The number of carbonyl (C=O) groups excluding carboxylic acids is 2. The van der Waals surface area contributed by atoms with Gasteiger partial charge < -0.3 is 10.4 Å². The molecule has 0 bridgehead atoms. The van der Waals surface area contributed by atoms with Crippen molar-refractivity contribution in [2.75, 3.05) is 6.54 Å². The predicted molar refractivity (Wildman–Crippen MR) is 65.0 cm³/mol. The summed E-state index contributed by atoms with van der Waals surface area (Å²) in [6.07, 6.45) is 0. The number of hydrogen-bond acceptors (Lipinski definition) is 3. The van der Waals surface area contributed by atoms with Crippen molar-refractivity contribution in [1.82, 2.24) is 5.32 Å². The SMILES string of the molecule is Cc1cc(O)ccc1C(=O)NCC(=O)C(C)C. The van der Waals surface area contributed by atoms with E-state index in [4.69, 9.17) is 0 Å². The molecule has 0 atom stereocenters. The predicted octanol–water partition coefficient (Wildman–Crippen LogP) is 1.66. The fraction of sp³-hybridized carbons (Fsp3) is 0.385. The molecule has 0 aromatic heterocycles. The molecule has 17 heavy (non-hydrogen) atoms. The molecule has 0 heterocycles. The Morgan fingerprint density at radius 1 is 1.35 bits per heavy atom. The topological polar surface area (TPSA) is 66.4 Å². The lowest BCUT2D eigenvalue weighted by Gasteiger charge is -2.08. The van der Waals surface area contributed by atoms with Gasteiger partial charge in [0, 0.05) is 11.5 Å². The molecule has 1 aromatic rings. The fourth-order valence-corrected chi connectivity index (χ4v) is 1.37. The van der Waals surface area contributed by atoms with E-state index < -0.39 is 0 Å². The normalized spacial score (nSPS) is 10.4. The Morgan fingerprint density at radius 3 is 2.53 bits per heavy atom. The van der Waals surface area contributed by atoms with E-state index in [1.807, 2.05) is 0 Å². The van der Waals surface area contributed by atoms with Gasteiger partial charge in [-0.25, -0.2) is 0 Å². The lowest BCUT2D eigenvalue weighted by atomic mass is 10.1. The minimum Gasteiger partial charge on any atom is -0.508 e. The van der Waals surface area contributed by atoms with E-state index in [1.165, 1.54) is 12.1 Å². The van der Waals surface area contributed by atoms with Crippen molar-refractivity contribution >= 4 is 11.7 Å². The molecular weight excluding hydrogens is 218 g/mol. The van der Waals surface area contributed by atoms with E-state index in [2.05, 4.69) is 5.32 Å². The fourth-order valence-electron chi connectivity index (χ4n) is 1.37. The molecule has 92 valence electrons. The van der Waals surface area contributed by atoms with Crippen LogP contribution in [0.5, 0.6) is 5.75 Å². The number of benzene rings is 1. The van der Waals surface area contributed by atoms with Crippen LogP contribution in [-0.4, -0.2) is 23.3 Å². The highest BCUT2D eigenvalue weighted by molar-refractivity contribution is 5.98. The molecular formula is C13H17NO3. The Bertz CT molecular complexity index is 438. The highest BCUT2D eigenvalue weighted by Gasteiger charge is 2.12. The third-order valence-electron chi connectivity index (χ3n) is 2.52. The van der Waals surface area contributed by atoms with E-state index in [9.17, 15) is 14.7 Å². The van der Waals surface area contributed by atoms with Gasteiger partial charge in [-0.2, -0.15) is 0 Å². The van der Waals surface area contributed by atoms with Gasteiger partial charge in [-0.1, -0.05) is 13.8 Å². The van der Waals surface area contributed by atoms with E-state index in [0.29, 0.717) is 11.1 Å². The minimum atomic E-state index is -0.295. The first kappa shape index (κ1) is 13.2. The quantitative estimate of drug-likeness (QED) is 0.834. The van der Waals surface area contributed by atoms with Crippen LogP contribution in [0, 0.1) is 12.8 Å². The molecule has 0 radical (unpaired) electrons. The number of phenolic OH excluding ortho intramolecular Hbond substituents is 1. The summed E-state index contributed by atoms with van der Waals surface area (Å²) in [6.45, 7) is 5.36. The number of Topliss-reactive ketones (excluding diaryl/α,β-unsaturated/α-hetero) is 1. The Hall–Kier alpha value is -1.84. The number of phenols is 1. The van der Waals surface area contributed by atoms with Crippen LogP contribution in [-0.2, 0) is 4.79 Å². The molecule has 1 amide bonds. The van der Waals surface area contributed by atoms with Gasteiger partial charge in [-0.15, -0.1) is 0 Å². The van der Waals surface area contributed by atoms with Crippen LogP contribution in [0.1, 0.15) is 29.8 Å². The summed E-state index contributed by atoms with van der Waals surface area (Å²) in [5, 5.41) is 11.8. The van der Waals surface area contributed by atoms with Gasteiger partial charge in [-0.3, -0.25) is 9.59 Å². The molecule has 0 aliphatic rings. The number of carbonyl (C=O) groups is 2. The second kappa shape index (κ2) is 5.48. The highest BCUT2D eigenvalue weighted by Crippen LogP contribution is 2.15. The highest BCUT2D eigenvalue weighted by atomic mass is 16.3. The first-order valence-electron chi connectivity index (χ1n) is 5.52. The minimum absolute atomic E-state index is 0.00483. The van der Waals surface area contributed by atoms with E-state index in [0.717, 1.165) is 0 Å². The molecule has 1 aromatic carbocycles. The van der Waals surface area contributed by atoms with Crippen LogP contribution in [0.4, 0.5) is 0 Å². The number of nitrogens with one attached hydrogen (secondary N) is 1. The summed E-state index contributed by atoms with van der Waals surface area (Å²) < 4.78 is 0. The van der Waals surface area contributed by atoms with Gasteiger partial charge in [-0.05, 0) is 30.7 Å². The molecule has 0 aliphatic heterocycles. The van der Waals surface area contributed by atoms with E-state index in [-0.39, 0.29) is 29.9 Å². The molecule has 0 unspecified atom stereocenters. The van der Waals surface area contributed by atoms with Crippen LogP contribution in [0.3, 0.4) is 0 Å². The van der Waals surface area contributed by atoms with Crippen molar-refractivity contribution in [2.45, 2.75) is 20.8 Å². The van der Waals surface area contributed by atoms with Gasteiger partial charge in [0.05, 0.1) is 6.54 Å². The summed E-state index contributed by atoms with van der Waals surface area (Å²) >= 11 is 0. The number of aryl methyl sites for hydroxylation is 1. The van der Waals surface area contributed by atoms with Crippen LogP contribution in [0.25, 0.3) is 0 Å². The number of ketones is 1. The van der Waals surface area contributed by atoms with Crippen molar-refractivity contribution < 1.29 is 14.7 Å². The monoisotopic (exact) mass is 235 g/mol. The molecule has 0 fully saturated rings. The van der Waals surface area contributed by atoms with Gasteiger partial charge in [0.25, 0.3) is 5.91 Å². The molecule has 1 rings (SSSR count). The van der Waals surface area contributed by atoms with Crippen LogP contribution >= 0.6 is 0 Å². The maximum atomic E-state index is 11.8. The van der Waals surface area contributed by atoms with Crippen LogP contribution < -0.4 is 5.32 Å². The largest absolute Gasteiger partial charge is 0.508 e. The third kappa shape index (κ3) is 3.59. The van der Waals surface area contributed by atoms with Gasteiger partial charge >= 0.3 is 0 Å². The Kier molecular flexibility index (Phi) is 4.26. The smallest absolute Gasteiger partial charge is 0.251 e. The zero-order valence-electron chi connectivity index (χ0n) is 10.3. The first-order chi connectivity index (χ1) is 7.91. The maximum absolute atomic E-state index is 11.8. The van der Waals surface area contributed by atoms with Crippen molar-refractivity contribution in [1.29, 1.82) is 0 Å². The van der Waals surface area contributed by atoms with E-state index in [1.54, 1.807) is 26.8 Å². The van der Waals surface area contributed by atoms with Gasteiger partial charge in [0.2, 0.25) is 0 Å². The molecule has 0 spiro atoms. The Labute approximate surface area is 101 Å². The maximum Gasteiger partial charge on any atom is 0.251 e. The molecule has 0 saturated heterocycles. The molecule has 4 nitrogen and oxygen atoms in total. The van der Waals surface area contributed by atoms with Crippen molar-refractivity contribution in [2.24, 2.45) is 5.92 Å². The second-order valence-corrected chi connectivity index (χ2v) is 4.30. The average molecular weight is 235 g/mol. The summed E-state index contributed by atoms with van der Waals surface area (Å²) in [5.74, 6) is -0.264. The van der Waals surface area contributed by atoms with E-state index >= 15 is 0 Å². The number of rotatable bonds is 4. The second-order valence-electron chi connectivity index (χ2n) is 4.30. The number of hydrogen-bond donors (Lipinski definition) is 2. The molecule has 0 aliphatic carbocycles. The lowest BCUT2D eigenvalue weighted by Crippen LogP contribution is -2.31. The molecule has 4 heteroatoms. The molecule has 0 saturated carbocycles. The van der Waals surface area contributed by atoms with Crippen molar-refractivity contribution in [3.8, 4) is 5.75 Å². The summed E-state index contributed by atoms with van der Waals surface area (Å²) in [4.78, 5) is 23.1. The van der Waals surface area contributed by atoms with Crippen molar-refractivity contribution in [3.63, 3.8) is 0 Å². The lowest BCUT2D eigenvalue weighted by molar-refractivity contribution is -0.120. The third-order valence-corrected chi connectivity index (χ3v) is 2.52. The van der Waals surface area contributed by atoms with Crippen molar-refractivity contribution in [3.05, 3.63) is 29.3 Å². The van der Waals surface area contributed by atoms with Gasteiger partial charge in [0.15, 0.2) is 5.78 Å². The average Bonchev–Trinajstić information content (AvgIpc) is 2.25. The summed E-state index contributed by atoms with van der Waals surface area (Å²) in [7, 11) is 0.